The number of aliphatic hydroxyl groups is 3. The fourth-order valence-corrected chi connectivity index (χ4v) is 35.3. The van der Waals surface area contributed by atoms with Crippen LogP contribution in [0.25, 0.3) is 0 Å². The molecule has 0 aromatic heterocycles. The van der Waals surface area contributed by atoms with Crippen LogP contribution in [0.3, 0.4) is 0 Å². The Bertz CT molecular complexity index is 5930. The van der Waals surface area contributed by atoms with E-state index in [2.05, 4.69) is 181 Å². The number of para-hydroxylation sites is 2. The number of aryl methyl sites for hydroxylation is 1. The van der Waals surface area contributed by atoms with Gasteiger partial charge in [-0.2, -0.15) is 0 Å². The number of aliphatic hydroxyl groups excluding tert-OH is 3. The third kappa shape index (κ3) is 18.3. The fourth-order valence-electron chi connectivity index (χ4n) is 22.6. The number of anilines is 3. The van der Waals surface area contributed by atoms with Crippen LogP contribution < -0.4 is 49.2 Å². The number of nitrogens with zero attached hydrogens (tertiary/aromatic N) is 4. The van der Waals surface area contributed by atoms with Gasteiger partial charge in [-0.25, -0.2) is 0 Å². The molecular formula is C109H123IN4O15Si3. The molecule has 688 valence electrons. The zero-order valence-corrected chi connectivity index (χ0v) is 83.2. The summed E-state index contributed by atoms with van der Waals surface area (Å²) in [7, 11) is -0.230. The van der Waals surface area contributed by atoms with E-state index in [-0.39, 0.29) is 122 Å². The van der Waals surface area contributed by atoms with Crippen molar-refractivity contribution in [2.45, 2.75) is 171 Å². The highest BCUT2D eigenvalue weighted by atomic mass is 127. The average molecular weight is 1940 g/mol. The minimum absolute atomic E-state index is 0.00539. The van der Waals surface area contributed by atoms with Gasteiger partial charge in [0, 0.05) is 76.3 Å². The SMILES string of the molecule is COc1ccc(C(=O)Cc2cccc(CN3C(=O)[C@@]4(O[C@@H](CC(=O)N(CCO)Cc5ccccc5)[C@H]([Si](C)(C)c5ccc(OC)cc5)[C@H]4C)c4ccccc43)c2)cc1.COc1ccc([Si](C)(C)[C@@H]2[C@@H](CCO)O[C@]3(C(=O)N(Cc4cccc(C)c4)c4ccccc43)[C@H]2C)cc1.COc1ccc([Si](C)(C)[C@@H]2[C@@H](CCO)O[C@]3(C(=O)N(Cc4ccccc4)c4ccc(I)cc43)[C@H]2C)cc1. The molecule has 11 aromatic carbocycles. The van der Waals surface area contributed by atoms with Crippen LogP contribution in [-0.2, 0) is 82.8 Å². The van der Waals surface area contributed by atoms with E-state index in [1.807, 2.05) is 172 Å². The fraction of sp³-hybridized carbons (Fsp3) is 0.349. The summed E-state index contributed by atoms with van der Waals surface area (Å²) in [5, 5.41) is 33.9. The number of hydrogen-bond donors (Lipinski definition) is 3. The van der Waals surface area contributed by atoms with Crippen LogP contribution in [0, 0.1) is 28.2 Å². The summed E-state index contributed by atoms with van der Waals surface area (Å²) in [6.07, 6.45) is 0.304. The summed E-state index contributed by atoms with van der Waals surface area (Å²) in [5.74, 6) is 2.43. The maximum Gasteiger partial charge on any atom is 0.264 e. The lowest BCUT2D eigenvalue weighted by molar-refractivity contribution is -0.150. The van der Waals surface area contributed by atoms with E-state index < -0.39 is 47.1 Å². The lowest BCUT2D eigenvalue weighted by atomic mass is 9.82. The maximum atomic E-state index is 15.3. The van der Waals surface area contributed by atoms with E-state index in [0.29, 0.717) is 43.8 Å². The third-order valence-electron chi connectivity index (χ3n) is 29.1. The summed E-state index contributed by atoms with van der Waals surface area (Å²) in [5.41, 5.74) is 8.71. The number of benzene rings is 11. The number of Topliss-reactive ketones (excluding diaryl/α,β-unsaturated/α-hetero) is 1. The molecule has 3 spiro atoms. The number of hydrogen-bond acceptors (Lipinski definition) is 15. The second kappa shape index (κ2) is 40.2. The third-order valence-corrected chi connectivity index (χ3v) is 42.9. The van der Waals surface area contributed by atoms with Crippen LogP contribution in [0.15, 0.2) is 273 Å². The molecular weight excluding hydrogens is 1820 g/mol. The van der Waals surface area contributed by atoms with Gasteiger partial charge in [0.05, 0.1) is 121 Å². The first-order valence-electron chi connectivity index (χ1n) is 45.9. The van der Waals surface area contributed by atoms with E-state index in [0.717, 1.165) is 82.4 Å². The number of rotatable bonds is 29. The normalized spacial score (nSPS) is 22.8. The van der Waals surface area contributed by atoms with Crippen molar-refractivity contribution in [3.63, 3.8) is 0 Å². The predicted octanol–water partition coefficient (Wildman–Crippen LogP) is 17.9. The van der Waals surface area contributed by atoms with E-state index in [1.165, 1.54) is 21.1 Å². The first kappa shape index (κ1) is 95.9. The minimum Gasteiger partial charge on any atom is -0.497 e. The van der Waals surface area contributed by atoms with Gasteiger partial charge in [0.15, 0.2) is 22.6 Å². The van der Waals surface area contributed by atoms with Crippen molar-refractivity contribution in [2.75, 3.05) is 69.5 Å². The Morgan fingerprint density at radius 1 is 0.402 bits per heavy atom. The molecule has 0 unspecified atom stereocenters. The molecule has 0 bridgehead atoms. The lowest BCUT2D eigenvalue weighted by Crippen LogP contribution is -2.52. The van der Waals surface area contributed by atoms with E-state index in [9.17, 15) is 34.5 Å². The van der Waals surface area contributed by atoms with E-state index in [4.69, 9.17) is 33.2 Å². The van der Waals surface area contributed by atoms with Crippen molar-refractivity contribution in [3.8, 4) is 23.0 Å². The highest BCUT2D eigenvalue weighted by Crippen LogP contribution is 2.64. The maximum absolute atomic E-state index is 15.3. The Kier molecular flexibility index (Phi) is 29.2. The first-order chi connectivity index (χ1) is 63.5. The van der Waals surface area contributed by atoms with Crippen LogP contribution in [-0.4, -0.2) is 147 Å². The Morgan fingerprint density at radius 2 is 0.765 bits per heavy atom. The first-order valence-corrected chi connectivity index (χ1v) is 56.2. The van der Waals surface area contributed by atoms with Crippen LogP contribution in [0.1, 0.15) is 100 Å². The minimum atomic E-state index is -2.51. The molecule has 132 heavy (non-hydrogen) atoms. The molecule has 6 heterocycles. The van der Waals surface area contributed by atoms with Crippen molar-refractivity contribution < 1.29 is 72.5 Å². The molecule has 11 aromatic rings. The largest absolute Gasteiger partial charge is 0.497 e. The molecule has 0 aliphatic carbocycles. The van der Waals surface area contributed by atoms with E-state index in [1.54, 1.807) is 57.6 Å². The summed E-state index contributed by atoms with van der Waals surface area (Å²) >= 11 is 2.32. The topological polar surface area (TPSA) is 224 Å². The van der Waals surface area contributed by atoms with Gasteiger partial charge < -0.3 is 68.1 Å². The average Bonchev–Trinajstić information content (AvgIpc) is 1.54. The molecule has 3 saturated heterocycles. The van der Waals surface area contributed by atoms with Crippen molar-refractivity contribution in [3.05, 3.63) is 332 Å². The zero-order valence-electron chi connectivity index (χ0n) is 78.1. The Morgan fingerprint density at radius 3 is 1.20 bits per heavy atom. The quantitative estimate of drug-likeness (QED) is 0.0225. The molecule has 0 radical (unpaired) electrons. The molecule has 4 amide bonds. The van der Waals surface area contributed by atoms with Gasteiger partial charge in [0.25, 0.3) is 17.7 Å². The van der Waals surface area contributed by atoms with Crippen LogP contribution >= 0.6 is 22.6 Å². The van der Waals surface area contributed by atoms with Gasteiger partial charge in [-0.05, 0) is 178 Å². The number of amides is 4. The number of carbonyl (C=O) groups excluding carboxylic acids is 5. The van der Waals surface area contributed by atoms with Gasteiger partial charge in [-0.3, -0.25) is 24.0 Å². The smallest absolute Gasteiger partial charge is 0.264 e. The van der Waals surface area contributed by atoms with E-state index >= 15 is 4.79 Å². The van der Waals surface area contributed by atoms with Crippen molar-refractivity contribution in [2.24, 2.45) is 17.8 Å². The molecule has 6 aliphatic heterocycles. The van der Waals surface area contributed by atoms with Crippen LogP contribution in [0.2, 0.25) is 55.9 Å². The Balaban J connectivity index is 0.000000158. The standard InChI is InChI=1S/C48H52N2O7Si.C31H37NO4Si.C30H34INO4Si/c1-33-46(58(4,5)40-24-22-39(56-3)23-25-40)44(30-45(53)49(26-27-51)31-34-12-7-6-8-13-34)57-48(33)41-16-9-10-17-42(41)50(47(48)54)32-36-15-11-14-35(28-36)29-43(52)37-18-20-38(55-2)21-19-37;1-21-9-8-10-23(19-21)20-32-27-12-7-6-11-26(27)31(30(32)34)22(2)29(28(36-31)17-18-33)37(4,5)25-15-13-24(35-3)14-16-25;1-20-28(37(3,4)24-13-11-23(35-2)12-14-24)27(16-17-33)36-30(20)25-18-22(31)10-15-26(25)32(29(30)34)19-21-8-6-5-7-9-21/h6-25,28,33,44,46,51H,26-27,29-32H2,1-5H3;6-16,19,22,28-29,33H,17-18,20H2,1-5H3;5-15,18,20,27-28,33H,16-17,19H2,1-4H3/t33-,44+,46-,48+;22-,28+,29-,31+;20-,27+,28-,30+/m100/s1. The predicted molar refractivity (Wildman–Crippen MR) is 536 cm³/mol. The Labute approximate surface area is 793 Å². The number of ether oxygens (including phenoxy) is 7. The van der Waals surface area contributed by atoms with Gasteiger partial charge in [-0.1, -0.05) is 263 Å². The second-order valence-corrected chi connectivity index (χ2v) is 53.0. The number of carbonyl (C=O) groups is 5. The number of ketones is 1. The van der Waals surface area contributed by atoms with Gasteiger partial charge in [0.2, 0.25) is 5.91 Å². The van der Waals surface area contributed by atoms with Crippen LogP contribution in [0.4, 0.5) is 17.1 Å². The molecule has 23 heteroatoms. The van der Waals surface area contributed by atoms with Crippen LogP contribution in [0.5, 0.6) is 23.0 Å². The molecule has 3 N–H and O–H groups in total. The van der Waals surface area contributed by atoms with Gasteiger partial charge >= 0.3 is 0 Å². The monoisotopic (exact) mass is 1940 g/mol. The second-order valence-electron chi connectivity index (χ2n) is 37.7. The molecule has 0 saturated carbocycles. The zero-order chi connectivity index (χ0) is 93.8. The highest BCUT2D eigenvalue weighted by molar-refractivity contribution is 14.1. The van der Waals surface area contributed by atoms with Crippen molar-refractivity contribution in [1.29, 1.82) is 0 Å². The lowest BCUT2D eigenvalue weighted by Gasteiger charge is -2.37. The van der Waals surface area contributed by atoms with Gasteiger partial charge in [0.1, 0.15) is 23.0 Å². The van der Waals surface area contributed by atoms with Crippen molar-refractivity contribution in [1.82, 2.24) is 4.90 Å². The molecule has 12 atom stereocenters. The van der Waals surface area contributed by atoms with Crippen molar-refractivity contribution >= 4 is 109 Å². The number of fused-ring (bicyclic) bond motifs is 6. The molecule has 19 nitrogen and oxygen atoms in total. The highest BCUT2D eigenvalue weighted by Gasteiger charge is 2.70. The Hall–Kier alpha value is -10.7. The summed E-state index contributed by atoms with van der Waals surface area (Å²) in [6, 6.07) is 90.2. The number of methoxy groups -OCH3 is 4. The summed E-state index contributed by atoms with van der Waals surface area (Å²) in [4.78, 5) is 79.2. The van der Waals surface area contributed by atoms with Gasteiger partial charge in [-0.15, -0.1) is 0 Å². The summed E-state index contributed by atoms with van der Waals surface area (Å²) in [6.45, 7) is 24.3. The molecule has 6 aliphatic rings. The molecule has 17 rings (SSSR count). The molecule has 3 fully saturated rings. The summed E-state index contributed by atoms with van der Waals surface area (Å²) < 4.78 is 43.7. The number of halogens is 1.